The molecule has 1 unspecified atom stereocenters. The largest absolute Gasteiger partial charge is 0.469 e. The Balaban J connectivity index is 3.53. The van der Waals surface area contributed by atoms with Gasteiger partial charge in [0.15, 0.2) is 0 Å². The molecule has 0 aliphatic carbocycles. The van der Waals surface area contributed by atoms with Crippen molar-refractivity contribution < 1.29 is 33.5 Å². The van der Waals surface area contributed by atoms with E-state index in [0.29, 0.717) is 6.42 Å². The fourth-order valence-corrected chi connectivity index (χ4v) is 2.39. The quantitative estimate of drug-likeness (QED) is 0.155. The lowest BCUT2D eigenvalue weighted by Gasteiger charge is -2.12. The predicted molar refractivity (Wildman–Crippen MR) is 105 cm³/mol. The summed E-state index contributed by atoms with van der Waals surface area (Å²) in [6, 6.07) is 0. The van der Waals surface area contributed by atoms with Crippen LogP contribution in [0.1, 0.15) is 58.3 Å². The molecule has 8 heteroatoms. The molecule has 0 saturated heterocycles. The molecule has 7 nitrogen and oxygen atoms in total. The molecule has 3 N–H and O–H groups in total. The highest BCUT2D eigenvalue weighted by atomic mass is 31.2. The molecule has 27 heavy (non-hydrogen) atoms. The van der Waals surface area contributed by atoms with Crippen LogP contribution in [0.2, 0.25) is 0 Å². The van der Waals surface area contributed by atoms with Crippen LogP contribution in [0.4, 0.5) is 0 Å². The number of phosphoric acid groups is 1. The van der Waals surface area contributed by atoms with Gasteiger partial charge in [0.1, 0.15) is 12.7 Å². The van der Waals surface area contributed by atoms with Gasteiger partial charge in [-0.1, -0.05) is 49.8 Å². The Kier molecular flexibility index (Phi) is 16.1. The minimum Gasteiger partial charge on any atom is -0.463 e. The molecule has 156 valence electrons. The van der Waals surface area contributed by atoms with Gasteiger partial charge in [-0.3, -0.25) is 9.32 Å². The van der Waals surface area contributed by atoms with Crippen molar-refractivity contribution in [3.8, 4) is 0 Å². The Bertz CT molecular complexity index is 508. The lowest BCUT2D eigenvalue weighted by molar-refractivity contribution is -0.147. The Labute approximate surface area is 162 Å². The number of phosphoric ester groups is 1. The number of aliphatic hydroxyl groups excluding tert-OH is 1. The fourth-order valence-electron chi connectivity index (χ4n) is 2.03. The summed E-state index contributed by atoms with van der Waals surface area (Å²) in [6.45, 7) is 1.18. The van der Waals surface area contributed by atoms with E-state index >= 15 is 0 Å². The number of hydrogen-bond acceptors (Lipinski definition) is 5. The first kappa shape index (κ1) is 25.8. The summed E-state index contributed by atoms with van der Waals surface area (Å²) in [4.78, 5) is 28.5. The molecule has 0 bridgehead atoms. The summed E-state index contributed by atoms with van der Waals surface area (Å²) in [5, 5.41) is 9.38. The SMILES string of the molecule is CC/C=C\C/C=C\C/C=C\CCCCCC(=O)OCC(O)COP(=O)(O)O. The van der Waals surface area contributed by atoms with Crippen molar-refractivity contribution in [2.45, 2.75) is 64.4 Å². The number of carbonyl (C=O) groups is 1. The number of allylic oxidation sites excluding steroid dienone is 6. The van der Waals surface area contributed by atoms with E-state index in [2.05, 4.69) is 47.9 Å². The van der Waals surface area contributed by atoms with Crippen molar-refractivity contribution in [2.24, 2.45) is 0 Å². The molecule has 0 aromatic heterocycles. The van der Waals surface area contributed by atoms with E-state index in [0.717, 1.165) is 38.5 Å². The zero-order valence-corrected chi connectivity index (χ0v) is 16.9. The van der Waals surface area contributed by atoms with Crippen LogP contribution in [-0.4, -0.2) is 40.2 Å². The number of carbonyl (C=O) groups excluding carboxylic acids is 1. The van der Waals surface area contributed by atoms with Crippen LogP contribution in [0.25, 0.3) is 0 Å². The van der Waals surface area contributed by atoms with Gasteiger partial charge in [0.05, 0.1) is 6.61 Å². The van der Waals surface area contributed by atoms with Crippen LogP contribution in [0.3, 0.4) is 0 Å². The minimum absolute atomic E-state index is 0.254. The van der Waals surface area contributed by atoms with E-state index in [9.17, 15) is 14.5 Å². The van der Waals surface area contributed by atoms with Gasteiger partial charge in [-0.15, -0.1) is 0 Å². The number of esters is 1. The number of ether oxygens (including phenoxy) is 1. The molecule has 1 atom stereocenters. The standard InChI is InChI=1S/C19H33O7P/c1-2-3-4-5-6-7-8-9-10-11-12-13-14-15-19(21)25-16-18(20)17-26-27(22,23)24/h3-4,6-7,9-10,18,20H,2,5,8,11-17H2,1H3,(H2,22,23,24)/b4-3-,7-6-,10-9-. The molecular formula is C19H33O7P. The van der Waals surface area contributed by atoms with Crippen LogP contribution < -0.4 is 0 Å². The molecule has 0 radical (unpaired) electrons. The summed E-state index contributed by atoms with van der Waals surface area (Å²) in [5.41, 5.74) is 0. The van der Waals surface area contributed by atoms with Crippen LogP contribution in [0.5, 0.6) is 0 Å². The molecule has 0 heterocycles. The summed E-state index contributed by atoms with van der Waals surface area (Å²) in [6.07, 6.45) is 18.4. The monoisotopic (exact) mass is 404 g/mol. The number of aliphatic hydroxyl groups is 1. The van der Waals surface area contributed by atoms with E-state index < -0.39 is 26.5 Å². The van der Waals surface area contributed by atoms with Gasteiger partial charge in [0.2, 0.25) is 0 Å². The van der Waals surface area contributed by atoms with Crippen molar-refractivity contribution in [1.82, 2.24) is 0 Å². The topological polar surface area (TPSA) is 113 Å². The third kappa shape index (κ3) is 20.9. The van der Waals surface area contributed by atoms with E-state index in [-0.39, 0.29) is 13.0 Å². The minimum atomic E-state index is -4.62. The first-order valence-electron chi connectivity index (χ1n) is 9.34. The first-order chi connectivity index (χ1) is 12.8. The van der Waals surface area contributed by atoms with E-state index in [1.807, 2.05) is 0 Å². The van der Waals surface area contributed by atoms with Crippen LogP contribution in [0.15, 0.2) is 36.5 Å². The van der Waals surface area contributed by atoms with Gasteiger partial charge < -0.3 is 19.6 Å². The predicted octanol–water partition coefficient (Wildman–Crippen LogP) is 3.81. The molecule has 0 aliphatic rings. The Morgan fingerprint density at radius 3 is 2.22 bits per heavy atom. The third-order valence-corrected chi connectivity index (χ3v) is 3.89. The van der Waals surface area contributed by atoms with Crippen LogP contribution in [-0.2, 0) is 18.6 Å². The Morgan fingerprint density at radius 1 is 0.963 bits per heavy atom. The van der Waals surface area contributed by atoms with Crippen molar-refractivity contribution >= 4 is 13.8 Å². The van der Waals surface area contributed by atoms with E-state index in [1.165, 1.54) is 0 Å². The molecule has 0 fully saturated rings. The van der Waals surface area contributed by atoms with Gasteiger partial charge in [-0.05, 0) is 38.5 Å². The molecule has 0 amide bonds. The zero-order valence-electron chi connectivity index (χ0n) is 16.0. The molecule has 0 saturated carbocycles. The van der Waals surface area contributed by atoms with Crippen molar-refractivity contribution in [2.75, 3.05) is 13.2 Å². The van der Waals surface area contributed by atoms with Crippen molar-refractivity contribution in [1.29, 1.82) is 0 Å². The highest BCUT2D eigenvalue weighted by Gasteiger charge is 2.17. The summed E-state index contributed by atoms with van der Waals surface area (Å²) in [7, 11) is -4.62. The molecular weight excluding hydrogens is 371 g/mol. The molecule has 0 aromatic rings. The molecule has 0 spiro atoms. The fraction of sp³-hybridized carbons (Fsp3) is 0.632. The average Bonchev–Trinajstić information content (AvgIpc) is 2.61. The Morgan fingerprint density at radius 2 is 1.59 bits per heavy atom. The van der Waals surface area contributed by atoms with Gasteiger partial charge in [-0.2, -0.15) is 0 Å². The maximum absolute atomic E-state index is 11.5. The average molecular weight is 404 g/mol. The smallest absolute Gasteiger partial charge is 0.463 e. The van der Waals surface area contributed by atoms with Gasteiger partial charge in [0, 0.05) is 6.42 Å². The second-order valence-corrected chi connectivity index (χ2v) is 7.26. The van der Waals surface area contributed by atoms with Gasteiger partial charge >= 0.3 is 13.8 Å². The highest BCUT2D eigenvalue weighted by molar-refractivity contribution is 7.46. The second kappa shape index (κ2) is 16.9. The summed E-state index contributed by atoms with van der Waals surface area (Å²) >= 11 is 0. The van der Waals surface area contributed by atoms with Gasteiger partial charge in [0.25, 0.3) is 0 Å². The van der Waals surface area contributed by atoms with Crippen molar-refractivity contribution in [3.05, 3.63) is 36.5 Å². The van der Waals surface area contributed by atoms with E-state index in [1.54, 1.807) is 0 Å². The normalized spacial score (nSPS) is 13.8. The number of hydrogen-bond donors (Lipinski definition) is 3. The lowest BCUT2D eigenvalue weighted by atomic mass is 10.1. The highest BCUT2D eigenvalue weighted by Crippen LogP contribution is 2.35. The molecule has 0 aliphatic heterocycles. The van der Waals surface area contributed by atoms with Crippen molar-refractivity contribution in [3.63, 3.8) is 0 Å². The first-order valence-corrected chi connectivity index (χ1v) is 10.9. The van der Waals surface area contributed by atoms with Crippen LogP contribution in [0, 0.1) is 0 Å². The third-order valence-electron chi connectivity index (χ3n) is 3.40. The van der Waals surface area contributed by atoms with Gasteiger partial charge in [-0.25, -0.2) is 4.57 Å². The zero-order chi connectivity index (χ0) is 20.4. The van der Waals surface area contributed by atoms with Crippen LogP contribution >= 0.6 is 7.82 Å². The molecule has 0 aromatic carbocycles. The number of unbranched alkanes of at least 4 members (excludes halogenated alkanes) is 3. The summed E-state index contributed by atoms with van der Waals surface area (Å²) in [5.74, 6) is -0.442. The van der Waals surface area contributed by atoms with E-state index in [4.69, 9.17) is 14.5 Å². The lowest BCUT2D eigenvalue weighted by Crippen LogP contribution is -2.23. The Hall–Kier alpha value is -1.24. The summed E-state index contributed by atoms with van der Waals surface area (Å²) < 4.78 is 19.4. The second-order valence-electron chi connectivity index (χ2n) is 6.02. The molecule has 0 rings (SSSR count). The number of rotatable bonds is 16. The maximum atomic E-state index is 11.5. The maximum Gasteiger partial charge on any atom is 0.469 e.